The maximum Gasteiger partial charge on any atom is 0.260 e. The number of carbonyl (C=O) groups is 1. The van der Waals surface area contributed by atoms with Crippen LogP contribution in [-0.2, 0) is 4.79 Å². The molecule has 0 bridgehead atoms. The average Bonchev–Trinajstić information content (AvgIpc) is 2.04. The van der Waals surface area contributed by atoms with Crippen LogP contribution in [0.3, 0.4) is 0 Å². The summed E-state index contributed by atoms with van der Waals surface area (Å²) < 4.78 is 24.3. The lowest BCUT2D eigenvalue weighted by atomic mass is 9.92. The standard InChI is InChI=1S/C9H10F2O/c1-6(12)7-3-2-4-8(5-7)9(10)11/h2-4,7,9H,5H2,1H3. The molecule has 0 spiro atoms. The Bertz CT molecular complexity index is 241. The van der Waals surface area contributed by atoms with Gasteiger partial charge in [0.15, 0.2) is 0 Å². The molecule has 1 rings (SSSR count). The predicted octanol–water partition coefficient (Wildman–Crippen LogP) is 2.34. The number of rotatable bonds is 2. The van der Waals surface area contributed by atoms with Gasteiger partial charge in [0.1, 0.15) is 5.78 Å². The number of hydrogen-bond donors (Lipinski definition) is 0. The largest absolute Gasteiger partial charge is 0.299 e. The minimum Gasteiger partial charge on any atom is -0.299 e. The lowest BCUT2D eigenvalue weighted by Gasteiger charge is -2.14. The Morgan fingerprint density at radius 1 is 1.67 bits per heavy atom. The summed E-state index contributed by atoms with van der Waals surface area (Å²) in [7, 11) is 0. The summed E-state index contributed by atoms with van der Waals surface area (Å²) in [5.41, 5.74) is 0.0534. The third kappa shape index (κ3) is 2.00. The average molecular weight is 172 g/mol. The topological polar surface area (TPSA) is 17.1 Å². The van der Waals surface area contributed by atoms with Crippen LogP contribution in [0.2, 0.25) is 0 Å². The molecule has 1 aliphatic carbocycles. The quantitative estimate of drug-likeness (QED) is 0.624. The van der Waals surface area contributed by atoms with Gasteiger partial charge < -0.3 is 0 Å². The molecule has 1 nitrogen and oxygen atoms in total. The summed E-state index contributed by atoms with van der Waals surface area (Å²) in [6.45, 7) is 1.42. The number of carbonyl (C=O) groups excluding carboxylic acids is 1. The van der Waals surface area contributed by atoms with Crippen molar-refractivity contribution in [3.63, 3.8) is 0 Å². The highest BCUT2D eigenvalue weighted by molar-refractivity contribution is 5.80. The van der Waals surface area contributed by atoms with Crippen molar-refractivity contribution in [2.24, 2.45) is 5.92 Å². The number of alkyl halides is 2. The summed E-state index contributed by atoms with van der Waals surface area (Å²) in [5.74, 6) is -0.406. The molecule has 0 saturated heterocycles. The van der Waals surface area contributed by atoms with Crippen LogP contribution in [0.1, 0.15) is 13.3 Å². The van der Waals surface area contributed by atoms with E-state index in [1.807, 2.05) is 0 Å². The first kappa shape index (κ1) is 9.10. The van der Waals surface area contributed by atoms with Crippen molar-refractivity contribution < 1.29 is 13.6 Å². The van der Waals surface area contributed by atoms with Crippen LogP contribution in [0.25, 0.3) is 0 Å². The minimum absolute atomic E-state index is 0.0534. The summed E-state index contributed by atoms with van der Waals surface area (Å²) in [4.78, 5) is 10.8. The van der Waals surface area contributed by atoms with Crippen molar-refractivity contribution in [1.82, 2.24) is 0 Å². The molecule has 0 radical (unpaired) electrons. The van der Waals surface area contributed by atoms with E-state index >= 15 is 0 Å². The fourth-order valence-corrected chi connectivity index (χ4v) is 1.14. The zero-order chi connectivity index (χ0) is 9.14. The Morgan fingerprint density at radius 2 is 2.33 bits per heavy atom. The van der Waals surface area contributed by atoms with Crippen LogP contribution < -0.4 is 0 Å². The fraction of sp³-hybridized carbons (Fsp3) is 0.444. The zero-order valence-corrected chi connectivity index (χ0v) is 6.76. The number of Topliss-reactive ketones (excluding diaryl/α,β-unsaturated/α-hetero) is 1. The van der Waals surface area contributed by atoms with Crippen LogP contribution in [0, 0.1) is 5.92 Å². The molecular formula is C9H10F2O. The Labute approximate surface area is 69.8 Å². The van der Waals surface area contributed by atoms with Gasteiger partial charge in [-0.05, 0) is 18.9 Å². The van der Waals surface area contributed by atoms with Crippen LogP contribution >= 0.6 is 0 Å². The van der Waals surface area contributed by atoms with E-state index in [9.17, 15) is 13.6 Å². The molecule has 0 amide bonds. The van der Waals surface area contributed by atoms with Gasteiger partial charge in [0.25, 0.3) is 6.43 Å². The zero-order valence-electron chi connectivity index (χ0n) is 6.76. The van der Waals surface area contributed by atoms with E-state index in [1.165, 1.54) is 19.1 Å². The maximum absolute atomic E-state index is 12.1. The smallest absolute Gasteiger partial charge is 0.260 e. The Hall–Kier alpha value is -0.990. The van der Waals surface area contributed by atoms with Gasteiger partial charge in [-0.25, -0.2) is 8.78 Å². The molecule has 0 aliphatic heterocycles. The van der Waals surface area contributed by atoms with Crippen LogP contribution in [0.5, 0.6) is 0 Å². The number of halogens is 2. The molecular weight excluding hydrogens is 162 g/mol. The molecule has 0 saturated carbocycles. The van der Waals surface area contributed by atoms with Crippen molar-refractivity contribution in [2.75, 3.05) is 0 Å². The van der Waals surface area contributed by atoms with Gasteiger partial charge in [-0.2, -0.15) is 0 Å². The molecule has 1 unspecified atom stereocenters. The Morgan fingerprint density at radius 3 is 2.83 bits per heavy atom. The molecule has 0 N–H and O–H groups in total. The third-order valence-corrected chi connectivity index (χ3v) is 1.91. The second-order valence-corrected chi connectivity index (χ2v) is 2.85. The monoisotopic (exact) mass is 172 g/mol. The first-order valence-electron chi connectivity index (χ1n) is 3.77. The van der Waals surface area contributed by atoms with Gasteiger partial charge in [0, 0.05) is 5.92 Å². The molecule has 66 valence electrons. The van der Waals surface area contributed by atoms with E-state index in [4.69, 9.17) is 0 Å². The lowest BCUT2D eigenvalue weighted by Crippen LogP contribution is -2.14. The first-order valence-corrected chi connectivity index (χ1v) is 3.77. The van der Waals surface area contributed by atoms with E-state index in [-0.39, 0.29) is 23.7 Å². The van der Waals surface area contributed by atoms with E-state index in [0.717, 1.165) is 0 Å². The van der Waals surface area contributed by atoms with Crippen LogP contribution in [-0.4, -0.2) is 12.2 Å². The lowest BCUT2D eigenvalue weighted by molar-refractivity contribution is -0.119. The van der Waals surface area contributed by atoms with Gasteiger partial charge in [-0.3, -0.25) is 4.79 Å². The SMILES string of the molecule is CC(=O)C1C=CC=C(C(F)F)C1. The van der Waals surface area contributed by atoms with Crippen LogP contribution in [0.4, 0.5) is 8.78 Å². The van der Waals surface area contributed by atoms with Gasteiger partial charge in [0.05, 0.1) is 0 Å². The van der Waals surface area contributed by atoms with Crippen molar-refractivity contribution in [3.05, 3.63) is 23.8 Å². The molecule has 0 aromatic rings. The Kier molecular flexibility index (Phi) is 2.74. The summed E-state index contributed by atoms with van der Waals surface area (Å²) in [6.07, 6.45) is 2.30. The molecule has 0 fully saturated rings. The molecule has 0 aromatic carbocycles. The Balaban J connectivity index is 2.67. The van der Waals surface area contributed by atoms with Crippen molar-refractivity contribution in [1.29, 1.82) is 0 Å². The van der Waals surface area contributed by atoms with Gasteiger partial charge in [0.2, 0.25) is 0 Å². The van der Waals surface area contributed by atoms with Crippen LogP contribution in [0.15, 0.2) is 23.8 Å². The predicted molar refractivity (Wildman–Crippen MR) is 42.0 cm³/mol. The fourth-order valence-electron chi connectivity index (χ4n) is 1.14. The highest BCUT2D eigenvalue weighted by Gasteiger charge is 2.20. The minimum atomic E-state index is -2.43. The van der Waals surface area contributed by atoms with Crippen molar-refractivity contribution in [3.8, 4) is 0 Å². The number of hydrogen-bond acceptors (Lipinski definition) is 1. The number of ketones is 1. The second-order valence-electron chi connectivity index (χ2n) is 2.85. The van der Waals surface area contributed by atoms with Gasteiger partial charge in [-0.15, -0.1) is 0 Å². The highest BCUT2D eigenvalue weighted by atomic mass is 19.3. The second kappa shape index (κ2) is 3.61. The van der Waals surface area contributed by atoms with Gasteiger partial charge in [-0.1, -0.05) is 18.2 Å². The van der Waals surface area contributed by atoms with E-state index in [2.05, 4.69) is 0 Å². The molecule has 0 aromatic heterocycles. The van der Waals surface area contributed by atoms with Crippen molar-refractivity contribution >= 4 is 5.78 Å². The van der Waals surface area contributed by atoms with E-state index < -0.39 is 6.43 Å². The molecule has 1 atom stereocenters. The summed E-state index contributed by atoms with van der Waals surface area (Å²) >= 11 is 0. The van der Waals surface area contributed by atoms with Crippen molar-refractivity contribution in [2.45, 2.75) is 19.8 Å². The highest BCUT2D eigenvalue weighted by Crippen LogP contribution is 2.23. The summed E-state index contributed by atoms with van der Waals surface area (Å²) in [5, 5.41) is 0. The molecule has 0 heterocycles. The van der Waals surface area contributed by atoms with E-state index in [1.54, 1.807) is 6.08 Å². The molecule has 3 heteroatoms. The third-order valence-electron chi connectivity index (χ3n) is 1.91. The van der Waals surface area contributed by atoms with Gasteiger partial charge >= 0.3 is 0 Å². The first-order chi connectivity index (χ1) is 5.61. The normalized spacial score (nSPS) is 22.7. The molecule has 12 heavy (non-hydrogen) atoms. The summed E-state index contributed by atoms with van der Waals surface area (Å²) in [6, 6.07) is 0. The maximum atomic E-state index is 12.1. The number of allylic oxidation sites excluding steroid dienone is 4. The molecule has 1 aliphatic rings. The van der Waals surface area contributed by atoms with E-state index in [0.29, 0.717) is 0 Å².